The van der Waals surface area contributed by atoms with E-state index in [0.29, 0.717) is 17.4 Å². The molecule has 0 spiro atoms. The fraction of sp³-hybridized carbons (Fsp3) is 0.538. The van der Waals surface area contributed by atoms with E-state index in [1.807, 2.05) is 0 Å². The molecule has 1 saturated carbocycles. The number of anilines is 1. The molecule has 0 saturated heterocycles. The molecule has 0 bridgehead atoms. The number of nitrogens with zero attached hydrogens (tertiary/aromatic N) is 1. The molecule has 1 aromatic rings. The molecule has 1 aliphatic rings. The van der Waals surface area contributed by atoms with Crippen molar-refractivity contribution in [2.24, 2.45) is 11.8 Å². The van der Waals surface area contributed by atoms with Crippen LogP contribution in [0.4, 0.5) is 5.82 Å². The van der Waals surface area contributed by atoms with Crippen molar-refractivity contribution in [2.45, 2.75) is 38.6 Å². The molecule has 4 N–H and O–H groups in total. The lowest BCUT2D eigenvalue weighted by Gasteiger charge is -2.27. The van der Waals surface area contributed by atoms with Crippen LogP contribution in [0.1, 0.15) is 43.0 Å². The van der Waals surface area contributed by atoms with Crippen LogP contribution in [-0.4, -0.2) is 16.9 Å². The zero-order valence-electron chi connectivity index (χ0n) is 10.6. The zero-order chi connectivity index (χ0) is 13.0. The van der Waals surface area contributed by atoms with Crippen LogP contribution in [0.3, 0.4) is 0 Å². The first-order chi connectivity index (χ1) is 8.70. The quantitative estimate of drug-likeness (QED) is 0.432. The van der Waals surface area contributed by atoms with Crippen molar-refractivity contribution in [1.82, 2.24) is 10.4 Å². The summed E-state index contributed by atoms with van der Waals surface area (Å²) in [5, 5.41) is 3.36. The maximum atomic E-state index is 11.6. The second kappa shape index (κ2) is 5.82. The van der Waals surface area contributed by atoms with Gasteiger partial charge in [-0.2, -0.15) is 0 Å². The number of amides is 1. The van der Waals surface area contributed by atoms with Crippen LogP contribution in [0, 0.1) is 5.92 Å². The molecule has 1 amide bonds. The summed E-state index contributed by atoms with van der Waals surface area (Å²) in [4.78, 5) is 15.8. The number of aromatic nitrogens is 1. The third-order valence-corrected chi connectivity index (χ3v) is 3.54. The van der Waals surface area contributed by atoms with Crippen molar-refractivity contribution in [3.05, 3.63) is 23.9 Å². The summed E-state index contributed by atoms with van der Waals surface area (Å²) in [6, 6.07) is 3.86. The van der Waals surface area contributed by atoms with Gasteiger partial charge in [-0.25, -0.2) is 10.8 Å². The van der Waals surface area contributed by atoms with Crippen molar-refractivity contribution >= 4 is 11.7 Å². The molecular weight excluding hydrogens is 228 g/mol. The Morgan fingerprint density at radius 3 is 2.78 bits per heavy atom. The largest absolute Gasteiger partial charge is 0.367 e. The summed E-state index contributed by atoms with van der Waals surface area (Å²) in [7, 11) is 0. The Bertz CT molecular complexity index is 413. The van der Waals surface area contributed by atoms with Gasteiger partial charge in [0.05, 0.1) is 5.56 Å². The van der Waals surface area contributed by atoms with Crippen LogP contribution in [-0.2, 0) is 0 Å². The van der Waals surface area contributed by atoms with Gasteiger partial charge in [0.25, 0.3) is 5.91 Å². The molecule has 18 heavy (non-hydrogen) atoms. The third kappa shape index (κ3) is 2.98. The molecule has 0 aromatic carbocycles. The molecule has 1 aromatic heterocycles. The van der Waals surface area contributed by atoms with Crippen molar-refractivity contribution in [1.29, 1.82) is 0 Å². The molecule has 0 atom stereocenters. The Morgan fingerprint density at radius 1 is 1.39 bits per heavy atom. The van der Waals surface area contributed by atoms with E-state index in [0.717, 1.165) is 18.8 Å². The zero-order valence-corrected chi connectivity index (χ0v) is 10.6. The standard InChI is InChI=1S/C13H20N4O/c1-9-4-6-10(7-5-9)16-12-11(13(18)17-14)3-2-8-15-12/h2-3,8-10H,4-7,14H2,1H3,(H,15,16)(H,17,18). The third-order valence-electron chi connectivity index (χ3n) is 3.54. The van der Waals surface area contributed by atoms with Gasteiger partial charge in [-0.05, 0) is 43.7 Å². The van der Waals surface area contributed by atoms with Gasteiger partial charge in [0.15, 0.2) is 0 Å². The predicted octanol–water partition coefficient (Wildman–Crippen LogP) is 1.68. The molecule has 1 heterocycles. The summed E-state index contributed by atoms with van der Waals surface area (Å²) in [6.45, 7) is 2.28. The van der Waals surface area contributed by atoms with Gasteiger partial charge >= 0.3 is 0 Å². The highest BCUT2D eigenvalue weighted by atomic mass is 16.2. The maximum Gasteiger partial charge on any atom is 0.268 e. The molecule has 0 aliphatic heterocycles. The van der Waals surface area contributed by atoms with Gasteiger partial charge in [0.1, 0.15) is 5.82 Å². The highest BCUT2D eigenvalue weighted by Gasteiger charge is 2.20. The number of rotatable bonds is 3. The summed E-state index contributed by atoms with van der Waals surface area (Å²) in [6.07, 6.45) is 6.38. The number of hydrogen-bond acceptors (Lipinski definition) is 4. The molecule has 0 unspecified atom stereocenters. The van der Waals surface area contributed by atoms with Crippen molar-refractivity contribution in [2.75, 3.05) is 5.32 Å². The highest BCUT2D eigenvalue weighted by Crippen LogP contribution is 2.26. The maximum absolute atomic E-state index is 11.6. The van der Waals surface area contributed by atoms with Gasteiger partial charge in [-0.3, -0.25) is 10.2 Å². The van der Waals surface area contributed by atoms with Crippen molar-refractivity contribution < 1.29 is 4.79 Å². The minimum Gasteiger partial charge on any atom is -0.367 e. The first-order valence-electron chi connectivity index (χ1n) is 6.43. The Morgan fingerprint density at radius 2 is 2.11 bits per heavy atom. The Labute approximate surface area is 107 Å². The number of pyridine rings is 1. The number of hydrogen-bond donors (Lipinski definition) is 3. The molecular formula is C13H20N4O. The second-order valence-corrected chi connectivity index (χ2v) is 4.97. The summed E-state index contributed by atoms with van der Waals surface area (Å²) >= 11 is 0. The van der Waals surface area contributed by atoms with E-state index in [4.69, 9.17) is 5.84 Å². The Hall–Kier alpha value is -1.62. The second-order valence-electron chi connectivity index (χ2n) is 4.97. The normalized spacial score (nSPS) is 23.4. The van der Waals surface area contributed by atoms with Gasteiger partial charge in [-0.15, -0.1) is 0 Å². The number of nitrogens with one attached hydrogen (secondary N) is 2. The predicted molar refractivity (Wildman–Crippen MR) is 70.9 cm³/mol. The van der Waals surface area contributed by atoms with Gasteiger partial charge in [0, 0.05) is 12.2 Å². The lowest BCUT2D eigenvalue weighted by molar-refractivity contribution is 0.0954. The first-order valence-corrected chi connectivity index (χ1v) is 6.43. The van der Waals surface area contributed by atoms with Crippen LogP contribution in [0.2, 0.25) is 0 Å². The summed E-state index contributed by atoms with van der Waals surface area (Å²) in [5.41, 5.74) is 2.65. The minimum absolute atomic E-state index is 0.310. The summed E-state index contributed by atoms with van der Waals surface area (Å²) < 4.78 is 0. The van der Waals surface area contributed by atoms with E-state index in [2.05, 4.69) is 22.7 Å². The van der Waals surface area contributed by atoms with E-state index in [9.17, 15) is 4.79 Å². The van der Waals surface area contributed by atoms with E-state index < -0.39 is 0 Å². The fourth-order valence-electron chi connectivity index (χ4n) is 2.38. The number of nitrogens with two attached hydrogens (primary N) is 1. The molecule has 1 aliphatic carbocycles. The van der Waals surface area contributed by atoms with Crippen LogP contribution >= 0.6 is 0 Å². The molecule has 5 heteroatoms. The average Bonchev–Trinajstić information content (AvgIpc) is 2.41. The number of carbonyl (C=O) groups is 1. The average molecular weight is 248 g/mol. The van der Waals surface area contributed by atoms with Crippen molar-refractivity contribution in [3.8, 4) is 0 Å². The van der Waals surface area contributed by atoms with Crippen molar-refractivity contribution in [3.63, 3.8) is 0 Å². The number of hydrazine groups is 1. The number of nitrogen functional groups attached to an aromatic ring is 1. The van der Waals surface area contributed by atoms with Crippen LogP contribution in [0.5, 0.6) is 0 Å². The molecule has 98 valence electrons. The van der Waals surface area contributed by atoms with E-state index in [1.165, 1.54) is 12.8 Å². The fourth-order valence-corrected chi connectivity index (χ4v) is 2.38. The molecule has 2 rings (SSSR count). The lowest BCUT2D eigenvalue weighted by Crippen LogP contribution is -2.32. The molecule has 0 radical (unpaired) electrons. The minimum atomic E-state index is -0.310. The summed E-state index contributed by atoms with van der Waals surface area (Å²) in [5.74, 6) is 6.29. The SMILES string of the molecule is CC1CCC(Nc2ncccc2C(=O)NN)CC1. The van der Waals surface area contributed by atoms with Gasteiger partial charge in [0.2, 0.25) is 0 Å². The lowest BCUT2D eigenvalue weighted by atomic mass is 9.87. The monoisotopic (exact) mass is 248 g/mol. The molecule has 1 fully saturated rings. The van der Waals surface area contributed by atoms with Crippen LogP contribution in [0.25, 0.3) is 0 Å². The van der Waals surface area contributed by atoms with E-state index >= 15 is 0 Å². The van der Waals surface area contributed by atoms with Gasteiger partial charge < -0.3 is 5.32 Å². The van der Waals surface area contributed by atoms with Crippen LogP contribution < -0.4 is 16.6 Å². The highest BCUT2D eigenvalue weighted by molar-refractivity contribution is 5.98. The van der Waals surface area contributed by atoms with E-state index in [-0.39, 0.29) is 5.91 Å². The Balaban J connectivity index is 2.07. The first kappa shape index (κ1) is 12.8. The van der Waals surface area contributed by atoms with E-state index in [1.54, 1.807) is 18.3 Å². The molecule has 5 nitrogen and oxygen atoms in total. The topological polar surface area (TPSA) is 80.0 Å². The smallest absolute Gasteiger partial charge is 0.268 e. The van der Waals surface area contributed by atoms with Gasteiger partial charge in [-0.1, -0.05) is 6.92 Å². The Kier molecular flexibility index (Phi) is 4.15. The van der Waals surface area contributed by atoms with Crippen LogP contribution in [0.15, 0.2) is 18.3 Å². The number of carbonyl (C=O) groups excluding carboxylic acids is 1.